The molecule has 0 unspecified atom stereocenters. The zero-order valence-corrected chi connectivity index (χ0v) is 16.6. The van der Waals surface area contributed by atoms with Crippen LogP contribution in [-0.2, 0) is 7.05 Å². The molecule has 0 fully saturated rings. The fourth-order valence-corrected chi connectivity index (χ4v) is 3.17. The minimum absolute atomic E-state index is 0.0575. The summed E-state index contributed by atoms with van der Waals surface area (Å²) in [7, 11) is 1.66. The molecule has 1 aromatic heterocycles. The third-order valence-corrected chi connectivity index (χ3v) is 4.66. The molecule has 27 heavy (non-hydrogen) atoms. The molecule has 0 bridgehead atoms. The molecule has 3 aromatic rings. The van der Waals surface area contributed by atoms with Crippen molar-refractivity contribution >= 4 is 44.9 Å². The van der Waals surface area contributed by atoms with E-state index in [0.717, 1.165) is 9.64 Å². The van der Waals surface area contributed by atoms with E-state index in [-0.39, 0.29) is 35.7 Å². The highest BCUT2D eigenvalue weighted by Crippen LogP contribution is 2.29. The molecule has 1 heterocycles. The largest absolute Gasteiger partial charge is 0.488 e. The van der Waals surface area contributed by atoms with Gasteiger partial charge >= 0.3 is 0 Å². The van der Waals surface area contributed by atoms with E-state index in [9.17, 15) is 13.6 Å². The number of pyridine rings is 1. The summed E-state index contributed by atoms with van der Waals surface area (Å²) in [4.78, 5) is 12.9. The van der Waals surface area contributed by atoms with Crippen molar-refractivity contribution in [2.24, 2.45) is 7.05 Å². The van der Waals surface area contributed by atoms with Crippen molar-refractivity contribution in [3.05, 3.63) is 62.0 Å². The molecular formula is C19H17F2IN2O3. The Morgan fingerprint density at radius 2 is 2.00 bits per heavy atom. The Morgan fingerprint density at radius 3 is 2.70 bits per heavy atom. The van der Waals surface area contributed by atoms with E-state index in [1.54, 1.807) is 17.7 Å². The van der Waals surface area contributed by atoms with Crippen LogP contribution in [-0.4, -0.2) is 22.9 Å². The van der Waals surface area contributed by atoms with Crippen molar-refractivity contribution in [2.45, 2.75) is 6.42 Å². The van der Waals surface area contributed by atoms with Gasteiger partial charge in [0.15, 0.2) is 5.75 Å². The maximum Gasteiger partial charge on any atom is 0.233 e. The van der Waals surface area contributed by atoms with Gasteiger partial charge in [0, 0.05) is 23.6 Å². The molecule has 0 aliphatic rings. The van der Waals surface area contributed by atoms with E-state index >= 15 is 0 Å². The number of aliphatic hydroxyl groups is 1. The molecule has 2 aromatic carbocycles. The number of benzene rings is 2. The number of nitrogens with one attached hydrogen (secondary N) is 1. The van der Waals surface area contributed by atoms with E-state index < -0.39 is 17.1 Å². The van der Waals surface area contributed by atoms with Gasteiger partial charge in [0.05, 0.1) is 35.1 Å². The van der Waals surface area contributed by atoms with Crippen molar-refractivity contribution in [2.75, 3.05) is 18.5 Å². The van der Waals surface area contributed by atoms with Gasteiger partial charge in [0.1, 0.15) is 11.6 Å². The normalized spacial score (nSPS) is 11.0. The predicted molar refractivity (Wildman–Crippen MR) is 109 cm³/mol. The van der Waals surface area contributed by atoms with Crippen LogP contribution in [0.3, 0.4) is 0 Å². The number of halogens is 3. The van der Waals surface area contributed by atoms with E-state index in [1.807, 2.05) is 22.6 Å². The highest BCUT2D eigenvalue weighted by Gasteiger charge is 2.16. The minimum atomic E-state index is -0.556. The standard InChI is InChI=1S/C19H17F2IN2O3/c1-24-10-17(27-6-2-5-25)19(26)18-15(7-11(20)8-16(18)24)23-14-4-3-12(22)9-13(14)21/h3-4,7-10,23,25H,2,5-6H2,1H3. The van der Waals surface area contributed by atoms with Gasteiger partial charge in [-0.15, -0.1) is 0 Å². The van der Waals surface area contributed by atoms with Crippen molar-refractivity contribution < 1.29 is 18.6 Å². The predicted octanol–water partition coefficient (Wildman–Crippen LogP) is 3.93. The van der Waals surface area contributed by atoms with Crippen LogP contribution in [0, 0.1) is 15.2 Å². The lowest BCUT2D eigenvalue weighted by atomic mass is 10.1. The third-order valence-electron chi connectivity index (χ3n) is 3.98. The third kappa shape index (κ3) is 4.22. The Hall–Kier alpha value is -2.20. The lowest BCUT2D eigenvalue weighted by Crippen LogP contribution is -2.15. The summed E-state index contributed by atoms with van der Waals surface area (Å²) in [6.45, 7) is 0.116. The van der Waals surface area contributed by atoms with Gasteiger partial charge in [-0.25, -0.2) is 8.78 Å². The lowest BCUT2D eigenvalue weighted by Gasteiger charge is -2.15. The van der Waals surface area contributed by atoms with Crippen molar-refractivity contribution in [1.82, 2.24) is 4.57 Å². The monoisotopic (exact) mass is 486 g/mol. The second-order valence-electron chi connectivity index (χ2n) is 5.96. The van der Waals surface area contributed by atoms with Crippen LogP contribution in [0.2, 0.25) is 0 Å². The minimum Gasteiger partial charge on any atom is -0.488 e. The molecule has 0 saturated heterocycles. The number of nitrogens with zero attached hydrogens (tertiary/aromatic N) is 1. The molecule has 3 rings (SSSR count). The molecule has 0 saturated carbocycles. The average molecular weight is 486 g/mol. The number of ether oxygens (including phenoxy) is 1. The molecule has 5 nitrogen and oxygen atoms in total. The van der Waals surface area contributed by atoms with Gasteiger partial charge in [0.25, 0.3) is 0 Å². The molecule has 8 heteroatoms. The van der Waals surface area contributed by atoms with Crippen LogP contribution in [0.4, 0.5) is 20.2 Å². The summed E-state index contributed by atoms with van der Waals surface area (Å²) >= 11 is 1.99. The number of aliphatic hydroxyl groups excluding tert-OH is 1. The Kier molecular flexibility index (Phi) is 5.95. The van der Waals surface area contributed by atoms with Crippen molar-refractivity contribution in [3.8, 4) is 5.75 Å². The average Bonchev–Trinajstić information content (AvgIpc) is 2.61. The Bertz CT molecular complexity index is 1050. The maximum absolute atomic E-state index is 14.2. The van der Waals surface area contributed by atoms with Crippen LogP contribution >= 0.6 is 22.6 Å². The quantitative estimate of drug-likeness (QED) is 0.410. The second kappa shape index (κ2) is 8.22. The topological polar surface area (TPSA) is 63.5 Å². The zero-order chi connectivity index (χ0) is 19.6. The Morgan fingerprint density at radius 1 is 1.22 bits per heavy atom. The fraction of sp³-hybridized carbons (Fsp3) is 0.211. The van der Waals surface area contributed by atoms with Crippen molar-refractivity contribution in [3.63, 3.8) is 0 Å². The highest BCUT2D eigenvalue weighted by atomic mass is 127. The first-order valence-electron chi connectivity index (χ1n) is 8.19. The molecule has 0 spiro atoms. The molecule has 0 atom stereocenters. The second-order valence-corrected chi connectivity index (χ2v) is 7.20. The molecule has 0 aliphatic heterocycles. The molecular weight excluding hydrogens is 469 g/mol. The number of aryl methyl sites for hydroxylation is 1. The summed E-state index contributed by atoms with van der Waals surface area (Å²) in [5.41, 5.74) is 0.201. The van der Waals surface area contributed by atoms with Crippen LogP contribution in [0.25, 0.3) is 10.9 Å². The van der Waals surface area contributed by atoms with E-state index in [1.165, 1.54) is 24.4 Å². The summed E-state index contributed by atoms with van der Waals surface area (Å²) < 4.78 is 36.1. The van der Waals surface area contributed by atoms with Crippen LogP contribution < -0.4 is 15.5 Å². The van der Waals surface area contributed by atoms with Crippen LogP contribution in [0.5, 0.6) is 5.75 Å². The summed E-state index contributed by atoms with van der Waals surface area (Å²) in [5, 5.41) is 11.9. The van der Waals surface area contributed by atoms with Gasteiger partial charge < -0.3 is 19.7 Å². The Labute approximate surface area is 167 Å². The summed E-state index contributed by atoms with van der Waals surface area (Å²) in [5.74, 6) is -0.984. The smallest absolute Gasteiger partial charge is 0.233 e. The fourth-order valence-electron chi connectivity index (χ4n) is 2.72. The summed E-state index contributed by atoms with van der Waals surface area (Å²) in [6.07, 6.45) is 1.85. The van der Waals surface area contributed by atoms with E-state index in [2.05, 4.69) is 5.32 Å². The van der Waals surface area contributed by atoms with Crippen LogP contribution in [0.15, 0.2) is 41.3 Å². The van der Waals surface area contributed by atoms with E-state index in [4.69, 9.17) is 9.84 Å². The van der Waals surface area contributed by atoms with Crippen LogP contribution in [0.1, 0.15) is 6.42 Å². The molecule has 142 valence electrons. The lowest BCUT2D eigenvalue weighted by molar-refractivity contribution is 0.232. The highest BCUT2D eigenvalue weighted by molar-refractivity contribution is 14.1. The van der Waals surface area contributed by atoms with Gasteiger partial charge in [-0.3, -0.25) is 4.79 Å². The SMILES string of the molecule is Cn1cc(OCCCO)c(=O)c2c(Nc3ccc(I)cc3F)cc(F)cc21. The number of fused-ring (bicyclic) bond motifs is 1. The first kappa shape index (κ1) is 19.6. The number of hydrogen-bond acceptors (Lipinski definition) is 4. The van der Waals surface area contributed by atoms with Gasteiger partial charge in [-0.2, -0.15) is 0 Å². The van der Waals surface area contributed by atoms with Gasteiger partial charge in [-0.1, -0.05) is 0 Å². The van der Waals surface area contributed by atoms with E-state index in [0.29, 0.717) is 11.9 Å². The molecule has 0 aliphatic carbocycles. The Balaban J connectivity index is 2.14. The molecule has 0 radical (unpaired) electrons. The zero-order valence-electron chi connectivity index (χ0n) is 14.4. The molecule has 0 amide bonds. The molecule has 2 N–H and O–H groups in total. The number of hydrogen-bond donors (Lipinski definition) is 2. The van der Waals surface area contributed by atoms with Gasteiger partial charge in [0.2, 0.25) is 5.43 Å². The van der Waals surface area contributed by atoms with Gasteiger partial charge in [-0.05, 0) is 52.9 Å². The summed E-state index contributed by atoms with van der Waals surface area (Å²) in [6, 6.07) is 6.96. The number of anilines is 2. The maximum atomic E-state index is 14.2. The van der Waals surface area contributed by atoms with Crippen molar-refractivity contribution in [1.29, 1.82) is 0 Å². The first-order valence-corrected chi connectivity index (χ1v) is 9.27. The number of rotatable bonds is 6. The number of aromatic nitrogens is 1. The first-order chi connectivity index (χ1) is 12.9.